The van der Waals surface area contributed by atoms with Gasteiger partial charge in [-0.3, -0.25) is 4.99 Å². The van der Waals surface area contributed by atoms with Gasteiger partial charge in [-0.2, -0.15) is 0 Å². The first-order chi connectivity index (χ1) is 21.4. The van der Waals surface area contributed by atoms with E-state index in [4.69, 9.17) is 0 Å². The summed E-state index contributed by atoms with van der Waals surface area (Å²) in [7, 11) is 1.85. The van der Waals surface area contributed by atoms with Crippen molar-refractivity contribution in [3.8, 4) is 55.6 Å². The normalized spacial score (nSPS) is 15.0. The highest BCUT2D eigenvalue weighted by atomic mass is 14.7. The molecule has 0 saturated carbocycles. The lowest BCUT2D eigenvalue weighted by atomic mass is 9.80. The molecule has 0 bridgehead atoms. The van der Waals surface area contributed by atoms with Crippen molar-refractivity contribution < 1.29 is 0 Å². The number of rotatable bonds is 3. The topological polar surface area (TPSA) is 12.4 Å². The summed E-state index contributed by atoms with van der Waals surface area (Å²) in [4.78, 5) is 4.61. The summed E-state index contributed by atoms with van der Waals surface area (Å²) < 4.78 is 0. The zero-order valence-corrected chi connectivity index (χ0v) is 25.4. The Labute approximate surface area is 259 Å². The zero-order valence-electron chi connectivity index (χ0n) is 25.4. The van der Waals surface area contributed by atoms with Crippen molar-refractivity contribution in [1.29, 1.82) is 0 Å². The third kappa shape index (κ3) is 3.97. The van der Waals surface area contributed by atoms with E-state index in [-0.39, 0.29) is 5.41 Å². The summed E-state index contributed by atoms with van der Waals surface area (Å²) in [5.41, 5.74) is 19.5. The van der Waals surface area contributed by atoms with Crippen LogP contribution in [0.5, 0.6) is 0 Å². The Kier molecular flexibility index (Phi) is 5.93. The molecule has 0 N–H and O–H groups in total. The molecule has 1 nitrogen and oxygen atoms in total. The maximum Gasteiger partial charge on any atom is 0.0722 e. The number of hydrogen-bond acceptors (Lipinski definition) is 1. The van der Waals surface area contributed by atoms with Gasteiger partial charge >= 0.3 is 0 Å². The number of aliphatic imine (C=N–C) groups is 1. The van der Waals surface area contributed by atoms with Crippen LogP contribution in [0.25, 0.3) is 61.2 Å². The number of fused-ring (bicyclic) bond motifs is 6. The lowest BCUT2D eigenvalue weighted by Crippen LogP contribution is -2.14. The van der Waals surface area contributed by atoms with Crippen LogP contribution in [0.1, 0.15) is 36.1 Å². The molecule has 0 saturated heterocycles. The molecule has 210 valence electrons. The van der Waals surface area contributed by atoms with E-state index in [1.165, 1.54) is 66.8 Å². The van der Waals surface area contributed by atoms with Crippen molar-refractivity contribution in [3.05, 3.63) is 162 Å². The minimum atomic E-state index is -0.0140. The maximum absolute atomic E-state index is 4.61. The number of benzene rings is 6. The van der Waals surface area contributed by atoms with E-state index in [1.807, 2.05) is 7.05 Å². The van der Waals surface area contributed by atoms with Crippen LogP contribution in [0, 0.1) is 0 Å². The molecule has 8 rings (SSSR count). The van der Waals surface area contributed by atoms with Crippen molar-refractivity contribution in [2.75, 3.05) is 7.05 Å². The third-order valence-corrected chi connectivity index (χ3v) is 9.64. The lowest BCUT2D eigenvalue weighted by molar-refractivity contribution is 0.660. The highest BCUT2D eigenvalue weighted by Crippen LogP contribution is 2.49. The maximum atomic E-state index is 4.61. The predicted molar refractivity (Wildman–Crippen MR) is 187 cm³/mol. The van der Waals surface area contributed by atoms with Gasteiger partial charge in [-0.25, -0.2) is 0 Å². The van der Waals surface area contributed by atoms with Crippen LogP contribution in [0.4, 0.5) is 0 Å². The van der Waals surface area contributed by atoms with Gasteiger partial charge in [-0.15, -0.1) is 0 Å². The van der Waals surface area contributed by atoms with Crippen molar-refractivity contribution in [1.82, 2.24) is 0 Å². The minimum Gasteiger partial charge on any atom is -0.287 e. The summed E-state index contributed by atoms with van der Waals surface area (Å²) in [6.45, 7) is 9.14. The second kappa shape index (κ2) is 9.89. The molecule has 6 aromatic carbocycles. The molecular weight excluding hydrogens is 530 g/mol. The number of hydrogen-bond donors (Lipinski definition) is 0. The fourth-order valence-electron chi connectivity index (χ4n) is 7.32. The minimum absolute atomic E-state index is 0.0140. The van der Waals surface area contributed by atoms with Gasteiger partial charge in [0.1, 0.15) is 0 Å². The summed E-state index contributed by atoms with van der Waals surface area (Å²) in [6, 6.07) is 48.9. The Balaban J connectivity index is 1.16. The van der Waals surface area contributed by atoms with E-state index in [2.05, 4.69) is 159 Å². The molecule has 6 aromatic rings. The number of nitrogens with zero attached hydrogens (tertiary/aromatic N) is 1. The highest BCUT2D eigenvalue weighted by Gasteiger charge is 2.35. The molecule has 2 aliphatic rings. The Morgan fingerprint density at radius 1 is 0.432 bits per heavy atom. The Morgan fingerprint density at radius 3 is 1.55 bits per heavy atom. The van der Waals surface area contributed by atoms with Gasteiger partial charge in [0, 0.05) is 23.6 Å². The van der Waals surface area contributed by atoms with Gasteiger partial charge in [-0.05, 0) is 96.6 Å². The van der Waals surface area contributed by atoms with Gasteiger partial charge in [0.25, 0.3) is 0 Å². The van der Waals surface area contributed by atoms with Crippen LogP contribution in [0.3, 0.4) is 0 Å². The van der Waals surface area contributed by atoms with Crippen LogP contribution < -0.4 is 0 Å². The average Bonchev–Trinajstić information content (AvgIpc) is 3.31. The first-order valence-corrected chi connectivity index (χ1v) is 15.3. The van der Waals surface area contributed by atoms with Gasteiger partial charge in [-0.1, -0.05) is 130 Å². The van der Waals surface area contributed by atoms with Crippen LogP contribution in [-0.4, -0.2) is 12.8 Å². The molecule has 2 aliphatic carbocycles. The standard InChI is InChI=1S/C43H33N/c1-27-39-25-32(19-21-35(39)34-15-5-6-17-38(34)42(27)44-4)30-13-9-11-28(23-30)29-12-10-14-31(24-29)33-20-22-37-36-16-7-8-18-40(36)43(2,3)41(37)26-33/h5-26H,1H2,2-4H3. The second-order valence-corrected chi connectivity index (χ2v) is 12.4. The van der Waals surface area contributed by atoms with Crippen LogP contribution >= 0.6 is 0 Å². The van der Waals surface area contributed by atoms with Crippen molar-refractivity contribution in [2.24, 2.45) is 4.99 Å². The van der Waals surface area contributed by atoms with Crippen molar-refractivity contribution in [2.45, 2.75) is 19.3 Å². The first-order valence-electron chi connectivity index (χ1n) is 15.3. The molecule has 1 heteroatoms. The van der Waals surface area contributed by atoms with E-state index in [9.17, 15) is 0 Å². The van der Waals surface area contributed by atoms with E-state index >= 15 is 0 Å². The molecule has 44 heavy (non-hydrogen) atoms. The van der Waals surface area contributed by atoms with Crippen LogP contribution in [0.15, 0.2) is 145 Å². The van der Waals surface area contributed by atoms with Crippen LogP contribution in [0.2, 0.25) is 0 Å². The summed E-state index contributed by atoms with van der Waals surface area (Å²) in [6.07, 6.45) is 0. The van der Waals surface area contributed by atoms with Gasteiger partial charge in [0.2, 0.25) is 0 Å². The molecule has 0 atom stereocenters. The van der Waals surface area contributed by atoms with Gasteiger partial charge in [0.05, 0.1) is 5.71 Å². The smallest absolute Gasteiger partial charge is 0.0722 e. The second-order valence-electron chi connectivity index (χ2n) is 12.4. The highest BCUT2D eigenvalue weighted by molar-refractivity contribution is 6.36. The molecule has 0 fully saturated rings. The molecule has 0 radical (unpaired) electrons. The molecule has 0 heterocycles. The molecule has 0 spiro atoms. The SMILES string of the molecule is C=C1C(=NC)c2ccccc2-c2ccc(-c3cccc(-c4cccc(-c5ccc6c(c5)C(C)(C)c5ccccc5-6)c4)c3)cc21. The van der Waals surface area contributed by atoms with Crippen molar-refractivity contribution >= 4 is 11.3 Å². The quantitative estimate of drug-likeness (QED) is 0.203. The Morgan fingerprint density at radius 2 is 0.909 bits per heavy atom. The third-order valence-electron chi connectivity index (χ3n) is 9.64. The number of allylic oxidation sites excluding steroid dienone is 1. The largest absolute Gasteiger partial charge is 0.287 e. The van der Waals surface area contributed by atoms with E-state index in [0.717, 1.165) is 22.4 Å². The first kappa shape index (κ1) is 26.4. The average molecular weight is 564 g/mol. The molecule has 0 unspecified atom stereocenters. The van der Waals surface area contributed by atoms with Crippen LogP contribution in [-0.2, 0) is 5.41 Å². The van der Waals surface area contributed by atoms with E-state index in [1.54, 1.807) is 0 Å². The zero-order chi connectivity index (χ0) is 30.0. The Bertz CT molecular complexity index is 2170. The van der Waals surface area contributed by atoms with E-state index in [0.29, 0.717) is 0 Å². The summed E-state index contributed by atoms with van der Waals surface area (Å²) >= 11 is 0. The predicted octanol–water partition coefficient (Wildman–Crippen LogP) is 11.1. The van der Waals surface area contributed by atoms with Crippen molar-refractivity contribution in [3.63, 3.8) is 0 Å². The monoisotopic (exact) mass is 563 g/mol. The molecule has 0 amide bonds. The molecule has 0 aromatic heterocycles. The fraction of sp³-hybridized carbons (Fsp3) is 0.0930. The summed E-state index contributed by atoms with van der Waals surface area (Å²) in [5.74, 6) is 0. The fourth-order valence-corrected chi connectivity index (χ4v) is 7.32. The summed E-state index contributed by atoms with van der Waals surface area (Å²) in [5, 5.41) is 0. The van der Waals surface area contributed by atoms with E-state index < -0.39 is 0 Å². The van der Waals surface area contributed by atoms with Gasteiger partial charge < -0.3 is 0 Å². The molecule has 0 aliphatic heterocycles. The Hall–Kier alpha value is -5.27. The lowest BCUT2D eigenvalue weighted by Gasteiger charge is -2.24. The molecular formula is C43H33N. The van der Waals surface area contributed by atoms with Gasteiger partial charge in [0.15, 0.2) is 0 Å².